The molecule has 1 aliphatic rings. The molecule has 0 spiro atoms. The van der Waals surface area contributed by atoms with E-state index in [-0.39, 0.29) is 0 Å². The average molecular weight is 290 g/mol. The monoisotopic (exact) mass is 290 g/mol. The molecule has 0 aromatic carbocycles. The lowest BCUT2D eigenvalue weighted by Gasteiger charge is -2.39. The number of ether oxygens (including phenoxy) is 1. The molecular formula is C13H18N6O2. The molecule has 2 aromatic rings. The van der Waals surface area contributed by atoms with E-state index in [1.807, 2.05) is 4.90 Å². The van der Waals surface area contributed by atoms with Crippen LogP contribution >= 0.6 is 0 Å². The molecule has 0 bridgehead atoms. The van der Waals surface area contributed by atoms with Crippen LogP contribution in [0.25, 0.3) is 0 Å². The number of rotatable bonds is 4. The summed E-state index contributed by atoms with van der Waals surface area (Å²) in [6, 6.07) is 1.70. The number of piperidine rings is 1. The van der Waals surface area contributed by atoms with Gasteiger partial charge >= 0.3 is 0 Å². The molecule has 1 saturated heterocycles. The Bertz CT molecular complexity index is 590. The average Bonchev–Trinajstić information content (AvgIpc) is 2.99. The summed E-state index contributed by atoms with van der Waals surface area (Å²) in [5.41, 5.74) is -0.863. The molecule has 1 atom stereocenters. The molecule has 8 heteroatoms. The smallest absolute Gasteiger partial charge is 0.228 e. The van der Waals surface area contributed by atoms with Gasteiger partial charge in [0.05, 0.1) is 26.4 Å². The first-order valence-corrected chi connectivity index (χ1v) is 6.87. The Morgan fingerprint density at radius 3 is 3.10 bits per heavy atom. The first-order valence-electron chi connectivity index (χ1n) is 6.87. The van der Waals surface area contributed by atoms with Gasteiger partial charge in [-0.3, -0.25) is 0 Å². The lowest BCUT2D eigenvalue weighted by Crippen LogP contribution is -2.51. The van der Waals surface area contributed by atoms with E-state index in [1.54, 1.807) is 36.4 Å². The van der Waals surface area contributed by atoms with Gasteiger partial charge in [0.15, 0.2) is 0 Å². The van der Waals surface area contributed by atoms with E-state index in [2.05, 4.69) is 20.3 Å². The molecule has 3 heterocycles. The predicted molar refractivity (Wildman–Crippen MR) is 75.0 cm³/mol. The van der Waals surface area contributed by atoms with Gasteiger partial charge in [-0.1, -0.05) is 5.21 Å². The first kappa shape index (κ1) is 13.7. The van der Waals surface area contributed by atoms with Crippen LogP contribution in [0.15, 0.2) is 24.7 Å². The summed E-state index contributed by atoms with van der Waals surface area (Å²) in [6.07, 6.45) is 6.60. The Balaban J connectivity index is 1.75. The standard InChI is InChI=1S/C13H18N6O2/c1-21-11-3-5-14-12(16-11)18-7-2-4-13(20,9-18)10-19-8-6-15-17-19/h3,5-6,8,20H,2,4,7,9-10H2,1H3. The van der Waals surface area contributed by atoms with Crippen molar-refractivity contribution < 1.29 is 9.84 Å². The third kappa shape index (κ3) is 3.10. The first-order chi connectivity index (χ1) is 10.2. The number of aliphatic hydroxyl groups is 1. The van der Waals surface area contributed by atoms with E-state index >= 15 is 0 Å². The SMILES string of the molecule is COc1ccnc(N2CCCC(O)(Cn3ccnn3)C2)n1. The molecule has 8 nitrogen and oxygen atoms in total. The van der Waals surface area contributed by atoms with E-state index < -0.39 is 5.60 Å². The number of β-amino-alcohol motifs (C(OH)–C–C–N with tert-alkyl or cyclic N) is 1. The normalized spacial score (nSPS) is 22.3. The fourth-order valence-corrected chi connectivity index (χ4v) is 2.63. The highest BCUT2D eigenvalue weighted by molar-refractivity contribution is 5.33. The summed E-state index contributed by atoms with van der Waals surface area (Å²) in [5.74, 6) is 1.09. The van der Waals surface area contributed by atoms with Gasteiger partial charge in [0.1, 0.15) is 5.60 Å². The second-order valence-electron chi connectivity index (χ2n) is 5.25. The van der Waals surface area contributed by atoms with Crippen molar-refractivity contribution in [2.45, 2.75) is 25.0 Å². The van der Waals surface area contributed by atoms with E-state index in [1.165, 1.54) is 0 Å². The van der Waals surface area contributed by atoms with Crippen LogP contribution in [0.4, 0.5) is 5.95 Å². The van der Waals surface area contributed by atoms with E-state index in [0.717, 1.165) is 13.0 Å². The van der Waals surface area contributed by atoms with Crippen molar-refractivity contribution in [2.24, 2.45) is 0 Å². The largest absolute Gasteiger partial charge is 0.481 e. The van der Waals surface area contributed by atoms with Crippen molar-refractivity contribution in [3.8, 4) is 5.88 Å². The van der Waals surface area contributed by atoms with Crippen LogP contribution < -0.4 is 9.64 Å². The van der Waals surface area contributed by atoms with Gasteiger partial charge in [-0.05, 0) is 12.8 Å². The van der Waals surface area contributed by atoms with Crippen molar-refractivity contribution in [1.82, 2.24) is 25.0 Å². The summed E-state index contributed by atoms with van der Waals surface area (Å²) >= 11 is 0. The fraction of sp³-hybridized carbons (Fsp3) is 0.538. The van der Waals surface area contributed by atoms with Gasteiger partial charge in [0, 0.05) is 25.0 Å². The Morgan fingerprint density at radius 2 is 2.33 bits per heavy atom. The third-order valence-electron chi connectivity index (χ3n) is 3.59. The molecule has 0 radical (unpaired) electrons. The van der Waals surface area contributed by atoms with E-state index in [4.69, 9.17) is 4.74 Å². The molecule has 0 amide bonds. The molecule has 1 aliphatic heterocycles. The molecule has 1 N–H and O–H groups in total. The second-order valence-corrected chi connectivity index (χ2v) is 5.25. The predicted octanol–water partition coefficient (Wildman–Crippen LogP) is 0.108. The Hall–Kier alpha value is -2.22. The highest BCUT2D eigenvalue weighted by Crippen LogP contribution is 2.25. The van der Waals surface area contributed by atoms with Crippen LogP contribution in [0.3, 0.4) is 0 Å². The summed E-state index contributed by atoms with van der Waals surface area (Å²) < 4.78 is 6.77. The van der Waals surface area contributed by atoms with Crippen molar-refractivity contribution in [3.05, 3.63) is 24.7 Å². The molecule has 0 saturated carbocycles. The Morgan fingerprint density at radius 1 is 1.43 bits per heavy atom. The lowest BCUT2D eigenvalue weighted by atomic mass is 9.93. The van der Waals surface area contributed by atoms with Gasteiger partial charge in [-0.25, -0.2) is 9.67 Å². The molecule has 21 heavy (non-hydrogen) atoms. The van der Waals surface area contributed by atoms with Crippen LogP contribution in [0.2, 0.25) is 0 Å². The van der Waals surface area contributed by atoms with Crippen LogP contribution in [-0.4, -0.2) is 55.9 Å². The third-order valence-corrected chi connectivity index (χ3v) is 3.59. The van der Waals surface area contributed by atoms with E-state index in [0.29, 0.717) is 31.3 Å². The molecule has 3 rings (SSSR count). The zero-order valence-electron chi connectivity index (χ0n) is 11.9. The molecule has 1 unspecified atom stereocenters. The molecular weight excluding hydrogens is 272 g/mol. The number of methoxy groups -OCH3 is 1. The summed E-state index contributed by atoms with van der Waals surface area (Å²) in [7, 11) is 1.57. The topological polar surface area (TPSA) is 89.2 Å². The summed E-state index contributed by atoms with van der Waals surface area (Å²) in [6.45, 7) is 1.68. The zero-order valence-corrected chi connectivity index (χ0v) is 11.9. The molecule has 2 aromatic heterocycles. The van der Waals surface area contributed by atoms with Gasteiger partial charge in [-0.2, -0.15) is 4.98 Å². The van der Waals surface area contributed by atoms with Gasteiger partial charge in [0.2, 0.25) is 11.8 Å². The zero-order chi connectivity index (χ0) is 14.7. The minimum atomic E-state index is -0.863. The van der Waals surface area contributed by atoms with Crippen LogP contribution in [0, 0.1) is 0 Å². The lowest BCUT2D eigenvalue weighted by molar-refractivity contribution is 0.00562. The molecule has 0 aliphatic carbocycles. The number of hydrogen-bond donors (Lipinski definition) is 1. The van der Waals surface area contributed by atoms with Crippen molar-refractivity contribution in [3.63, 3.8) is 0 Å². The number of nitrogens with zero attached hydrogens (tertiary/aromatic N) is 6. The van der Waals surface area contributed by atoms with Crippen LogP contribution in [-0.2, 0) is 6.54 Å². The van der Waals surface area contributed by atoms with Gasteiger partial charge in [0.25, 0.3) is 0 Å². The van der Waals surface area contributed by atoms with Gasteiger partial charge in [-0.15, -0.1) is 5.10 Å². The molecule has 1 fully saturated rings. The highest BCUT2D eigenvalue weighted by Gasteiger charge is 2.35. The highest BCUT2D eigenvalue weighted by atomic mass is 16.5. The summed E-state index contributed by atoms with van der Waals surface area (Å²) in [5, 5.41) is 18.5. The number of hydrogen-bond acceptors (Lipinski definition) is 7. The minimum Gasteiger partial charge on any atom is -0.481 e. The Kier molecular flexibility index (Phi) is 3.70. The van der Waals surface area contributed by atoms with Crippen LogP contribution in [0.1, 0.15) is 12.8 Å². The van der Waals surface area contributed by atoms with Crippen molar-refractivity contribution in [1.29, 1.82) is 0 Å². The minimum absolute atomic E-state index is 0.410. The maximum Gasteiger partial charge on any atom is 0.228 e. The second kappa shape index (κ2) is 5.65. The quantitative estimate of drug-likeness (QED) is 0.854. The maximum absolute atomic E-state index is 10.8. The van der Waals surface area contributed by atoms with Crippen molar-refractivity contribution >= 4 is 5.95 Å². The van der Waals surface area contributed by atoms with Crippen molar-refractivity contribution in [2.75, 3.05) is 25.1 Å². The van der Waals surface area contributed by atoms with E-state index in [9.17, 15) is 5.11 Å². The van der Waals surface area contributed by atoms with Crippen LogP contribution in [0.5, 0.6) is 5.88 Å². The number of aromatic nitrogens is 5. The maximum atomic E-state index is 10.8. The fourth-order valence-electron chi connectivity index (χ4n) is 2.63. The number of anilines is 1. The Labute approximate surface area is 122 Å². The summed E-state index contributed by atoms with van der Waals surface area (Å²) in [4.78, 5) is 10.6. The molecule has 112 valence electrons. The van der Waals surface area contributed by atoms with Gasteiger partial charge < -0.3 is 14.7 Å².